The van der Waals surface area contributed by atoms with Crippen molar-refractivity contribution < 1.29 is 17.9 Å². The van der Waals surface area contributed by atoms with Gasteiger partial charge >= 0.3 is 0 Å². The number of benzene rings is 2. The number of fused-ring (bicyclic) bond motifs is 1. The van der Waals surface area contributed by atoms with Crippen LogP contribution >= 0.6 is 0 Å². The molecule has 26 heavy (non-hydrogen) atoms. The largest absolute Gasteiger partial charge is 0.486 e. The van der Waals surface area contributed by atoms with Crippen LogP contribution in [0.1, 0.15) is 37.5 Å². The van der Waals surface area contributed by atoms with Crippen LogP contribution in [-0.2, 0) is 28.4 Å². The molecule has 0 saturated heterocycles. The molecule has 0 radical (unpaired) electrons. The third kappa shape index (κ3) is 4.58. The third-order valence-corrected chi connectivity index (χ3v) is 6.79. The van der Waals surface area contributed by atoms with Crippen LogP contribution in [0.2, 0.25) is 0 Å². The lowest BCUT2D eigenvalue weighted by molar-refractivity contribution is 0.104. The van der Waals surface area contributed by atoms with Gasteiger partial charge in [-0.15, -0.1) is 0 Å². The van der Waals surface area contributed by atoms with Crippen molar-refractivity contribution >= 4 is 9.84 Å². The van der Waals surface area contributed by atoms with E-state index in [9.17, 15) is 8.42 Å². The summed E-state index contributed by atoms with van der Waals surface area (Å²) < 4.78 is 35.5. The Labute approximate surface area is 156 Å². The molecule has 0 N–H and O–H groups in total. The Morgan fingerprint density at radius 1 is 0.962 bits per heavy atom. The van der Waals surface area contributed by atoms with Crippen molar-refractivity contribution in [2.24, 2.45) is 0 Å². The Morgan fingerprint density at radius 2 is 1.58 bits per heavy atom. The summed E-state index contributed by atoms with van der Waals surface area (Å²) in [5.41, 5.74) is 3.24. The van der Waals surface area contributed by atoms with Crippen LogP contribution in [-0.4, -0.2) is 26.4 Å². The molecule has 2 aromatic carbocycles. The molecule has 0 aromatic heterocycles. The van der Waals surface area contributed by atoms with Crippen molar-refractivity contribution in [3.8, 4) is 11.5 Å². The highest BCUT2D eigenvalue weighted by Gasteiger charge is 2.18. The van der Waals surface area contributed by atoms with Crippen molar-refractivity contribution in [3.05, 3.63) is 59.2 Å². The van der Waals surface area contributed by atoms with E-state index >= 15 is 0 Å². The number of hydrogen-bond donors (Lipinski definition) is 0. The Bertz CT molecular complexity index is 854. The van der Waals surface area contributed by atoms with Crippen molar-refractivity contribution in [3.63, 3.8) is 0 Å². The summed E-state index contributed by atoms with van der Waals surface area (Å²) >= 11 is 0. The summed E-state index contributed by atoms with van der Waals surface area (Å²) in [6, 6.07) is 14.0. The van der Waals surface area contributed by atoms with Crippen molar-refractivity contribution in [1.82, 2.24) is 0 Å². The second-order valence-electron chi connectivity index (χ2n) is 7.19. The summed E-state index contributed by atoms with van der Waals surface area (Å²) in [6.45, 7) is 6.03. The van der Waals surface area contributed by atoms with Gasteiger partial charge in [0.15, 0.2) is 21.3 Å². The van der Waals surface area contributed by atoms with Crippen LogP contribution in [0.4, 0.5) is 0 Å². The normalized spacial score (nSPS) is 16.7. The lowest BCUT2D eigenvalue weighted by Crippen LogP contribution is -2.25. The Morgan fingerprint density at radius 3 is 2.27 bits per heavy atom. The fourth-order valence-corrected chi connectivity index (χ4v) is 3.86. The average molecular weight is 375 g/mol. The zero-order valence-electron chi connectivity index (χ0n) is 15.6. The topological polar surface area (TPSA) is 52.6 Å². The van der Waals surface area contributed by atoms with E-state index in [1.165, 1.54) is 11.1 Å². The molecule has 0 bridgehead atoms. The van der Waals surface area contributed by atoms with Crippen LogP contribution < -0.4 is 9.47 Å². The maximum Gasteiger partial charge on any atom is 0.162 e. The predicted molar refractivity (Wildman–Crippen MR) is 104 cm³/mol. The lowest BCUT2D eigenvalue weighted by Gasteiger charge is -2.24. The molecule has 0 saturated carbocycles. The maximum absolute atomic E-state index is 12.0. The summed E-state index contributed by atoms with van der Waals surface area (Å²) in [5, 5.41) is -0.347. The average Bonchev–Trinajstić information content (AvgIpc) is 2.60. The molecule has 1 aliphatic rings. The first-order valence-electron chi connectivity index (χ1n) is 9.05. The highest BCUT2D eigenvalue weighted by molar-refractivity contribution is 7.91. The molecule has 140 valence electrons. The standard InChI is InChI=1S/C21H26O4S/c1-15(2)26(22,23)14-19-8-5-17(6-9-19)4-7-18-10-11-20-21(12-18)25-16(3)13-24-20/h5-6,8-12,15-16H,4,7,13-14H2,1-3H3. The first-order chi connectivity index (χ1) is 12.3. The molecule has 2 aromatic rings. The zero-order chi connectivity index (χ0) is 18.7. The fraction of sp³-hybridized carbons (Fsp3) is 0.429. The van der Waals surface area contributed by atoms with Crippen LogP contribution in [0.25, 0.3) is 0 Å². The Balaban J connectivity index is 1.61. The molecule has 4 nitrogen and oxygen atoms in total. The lowest BCUT2D eigenvalue weighted by atomic mass is 10.0. The Kier molecular flexibility index (Phi) is 5.56. The summed E-state index contributed by atoms with van der Waals surface area (Å²) in [4.78, 5) is 0. The van der Waals surface area contributed by atoms with Crippen molar-refractivity contribution in [1.29, 1.82) is 0 Å². The molecule has 0 spiro atoms. The minimum absolute atomic E-state index is 0.0763. The molecular weight excluding hydrogens is 348 g/mol. The van der Waals surface area contributed by atoms with Gasteiger partial charge in [0.2, 0.25) is 0 Å². The van der Waals surface area contributed by atoms with Crippen LogP contribution in [0.5, 0.6) is 11.5 Å². The molecule has 1 atom stereocenters. The van der Waals surface area contributed by atoms with E-state index in [0.29, 0.717) is 6.61 Å². The second kappa shape index (κ2) is 7.70. The SMILES string of the molecule is CC1COc2ccc(CCc3ccc(CS(=O)(=O)C(C)C)cc3)cc2O1. The van der Waals surface area contributed by atoms with Crippen molar-refractivity contribution in [2.45, 2.75) is 50.7 Å². The van der Waals surface area contributed by atoms with Crippen molar-refractivity contribution in [2.75, 3.05) is 6.61 Å². The van der Waals surface area contributed by atoms with E-state index in [4.69, 9.17) is 9.47 Å². The zero-order valence-corrected chi connectivity index (χ0v) is 16.4. The second-order valence-corrected chi connectivity index (χ2v) is 9.75. The fourth-order valence-electron chi connectivity index (χ4n) is 2.87. The first kappa shape index (κ1) is 18.8. The van der Waals surface area contributed by atoms with E-state index in [0.717, 1.165) is 29.9 Å². The van der Waals surface area contributed by atoms with Gasteiger partial charge in [0.1, 0.15) is 12.7 Å². The monoisotopic (exact) mass is 374 g/mol. The highest BCUT2D eigenvalue weighted by Crippen LogP contribution is 2.32. The number of aryl methyl sites for hydroxylation is 2. The van der Waals surface area contributed by atoms with Gasteiger partial charge in [0.05, 0.1) is 11.0 Å². The van der Waals surface area contributed by atoms with Crippen LogP contribution in [0.15, 0.2) is 42.5 Å². The summed E-state index contributed by atoms with van der Waals surface area (Å²) in [7, 11) is -3.06. The van der Waals surface area contributed by atoms with E-state index in [1.807, 2.05) is 37.3 Å². The molecule has 5 heteroatoms. The van der Waals surface area contributed by atoms with Crippen LogP contribution in [0, 0.1) is 0 Å². The molecule has 0 amide bonds. The van der Waals surface area contributed by atoms with Crippen LogP contribution in [0.3, 0.4) is 0 Å². The quantitative estimate of drug-likeness (QED) is 0.768. The van der Waals surface area contributed by atoms with Gasteiger partial charge in [0.25, 0.3) is 0 Å². The predicted octanol–water partition coefficient (Wildman–Crippen LogP) is 3.95. The molecule has 1 heterocycles. The number of rotatable bonds is 6. The molecule has 0 fully saturated rings. The minimum Gasteiger partial charge on any atom is -0.486 e. The third-order valence-electron chi connectivity index (χ3n) is 4.62. The molecule has 1 unspecified atom stereocenters. The smallest absolute Gasteiger partial charge is 0.162 e. The molecule has 1 aliphatic heterocycles. The Hall–Kier alpha value is -2.01. The molecular formula is C21H26O4S. The summed E-state index contributed by atoms with van der Waals surface area (Å²) in [5.74, 6) is 1.73. The highest BCUT2D eigenvalue weighted by atomic mass is 32.2. The van der Waals surface area contributed by atoms with Gasteiger partial charge in [-0.25, -0.2) is 8.42 Å². The number of hydrogen-bond acceptors (Lipinski definition) is 4. The van der Waals surface area contributed by atoms with Gasteiger partial charge in [-0.3, -0.25) is 0 Å². The molecule has 3 rings (SSSR count). The number of ether oxygens (including phenoxy) is 2. The summed E-state index contributed by atoms with van der Waals surface area (Å²) in [6.07, 6.45) is 1.87. The van der Waals surface area contributed by atoms with E-state index in [1.54, 1.807) is 13.8 Å². The van der Waals surface area contributed by atoms with E-state index in [-0.39, 0.29) is 17.1 Å². The molecule has 0 aliphatic carbocycles. The van der Waals surface area contributed by atoms with E-state index < -0.39 is 9.84 Å². The van der Waals surface area contributed by atoms with E-state index in [2.05, 4.69) is 12.1 Å². The number of sulfone groups is 1. The van der Waals surface area contributed by atoms with Gasteiger partial charge in [-0.1, -0.05) is 30.3 Å². The van der Waals surface area contributed by atoms with Gasteiger partial charge in [-0.2, -0.15) is 0 Å². The van der Waals surface area contributed by atoms with Gasteiger partial charge in [0, 0.05) is 0 Å². The van der Waals surface area contributed by atoms with Gasteiger partial charge in [-0.05, 0) is 62.4 Å². The minimum atomic E-state index is -3.06. The van der Waals surface area contributed by atoms with Gasteiger partial charge < -0.3 is 9.47 Å². The maximum atomic E-state index is 12.0. The first-order valence-corrected chi connectivity index (χ1v) is 10.8.